The van der Waals surface area contributed by atoms with E-state index in [1.54, 1.807) is 42.5 Å². The second kappa shape index (κ2) is 7.31. The lowest BCUT2D eigenvalue weighted by molar-refractivity contribution is -0.112. The largest absolute Gasteiger partial charge is 0.492 e. The zero-order valence-electron chi connectivity index (χ0n) is 14.8. The van der Waals surface area contributed by atoms with Gasteiger partial charge in [0.1, 0.15) is 4.88 Å². The molecule has 30 heavy (non-hydrogen) atoms. The van der Waals surface area contributed by atoms with Crippen molar-refractivity contribution < 1.29 is 14.3 Å². The van der Waals surface area contributed by atoms with Crippen LogP contribution in [0.25, 0.3) is 17.0 Å². The summed E-state index contributed by atoms with van der Waals surface area (Å²) in [5, 5.41) is 23.2. The second-order valence-electron chi connectivity index (χ2n) is 6.17. The predicted octanol–water partition coefficient (Wildman–Crippen LogP) is 3.42. The van der Waals surface area contributed by atoms with E-state index >= 15 is 0 Å². The normalized spacial score (nSPS) is 12.7. The monoisotopic (exact) mass is 501 g/mol. The van der Waals surface area contributed by atoms with Gasteiger partial charge in [-0.3, -0.25) is 10.1 Å². The molecule has 11 heteroatoms. The number of amides is 1. The molecule has 1 aliphatic heterocycles. The van der Waals surface area contributed by atoms with Crippen LogP contribution in [-0.4, -0.2) is 26.2 Å². The lowest BCUT2D eigenvalue weighted by Gasteiger charge is -1.96. The highest BCUT2D eigenvalue weighted by Crippen LogP contribution is 2.35. The first-order valence-electron chi connectivity index (χ1n) is 8.47. The van der Waals surface area contributed by atoms with Crippen molar-refractivity contribution in [3.8, 4) is 17.3 Å². The number of hydrogen-bond donors (Lipinski definition) is 2. The third-order valence-electron chi connectivity index (χ3n) is 4.23. The third-order valence-corrected chi connectivity index (χ3v) is 5.95. The van der Waals surface area contributed by atoms with Crippen LogP contribution in [0.5, 0.6) is 5.88 Å². The van der Waals surface area contributed by atoms with E-state index in [0.717, 1.165) is 15.8 Å². The van der Waals surface area contributed by atoms with Crippen LogP contribution in [0.3, 0.4) is 0 Å². The molecule has 0 fully saturated rings. The molecule has 0 atom stereocenters. The van der Waals surface area contributed by atoms with E-state index < -0.39 is 5.91 Å². The van der Waals surface area contributed by atoms with Gasteiger partial charge >= 0.3 is 6.01 Å². The zero-order valence-corrected chi connectivity index (χ0v) is 17.9. The Morgan fingerprint density at radius 3 is 2.73 bits per heavy atom. The molecule has 0 saturated heterocycles. The van der Waals surface area contributed by atoms with Gasteiger partial charge in [0, 0.05) is 20.3 Å². The Labute approximate surface area is 185 Å². The molecule has 0 bridgehead atoms. The van der Waals surface area contributed by atoms with Gasteiger partial charge in [-0.15, -0.1) is 5.10 Å². The van der Waals surface area contributed by atoms with E-state index in [0.29, 0.717) is 37.5 Å². The van der Waals surface area contributed by atoms with E-state index in [4.69, 9.17) is 16.0 Å². The summed E-state index contributed by atoms with van der Waals surface area (Å²) in [6.07, 6.45) is 0. The number of halogens is 2. The van der Waals surface area contributed by atoms with Crippen LogP contribution < -0.4 is 15.9 Å². The van der Waals surface area contributed by atoms with Gasteiger partial charge in [0.05, 0.1) is 10.9 Å². The van der Waals surface area contributed by atoms with Gasteiger partial charge in [-0.1, -0.05) is 44.0 Å². The second-order valence-corrected chi connectivity index (χ2v) is 8.52. The summed E-state index contributed by atoms with van der Waals surface area (Å²) < 4.78 is 6.39. The minimum Gasteiger partial charge on any atom is -0.492 e. The van der Waals surface area contributed by atoms with Gasteiger partial charge in [-0.05, 0) is 42.5 Å². The third kappa shape index (κ3) is 3.38. The number of aromatic hydroxyl groups is 1. The summed E-state index contributed by atoms with van der Waals surface area (Å²) in [5.41, 5.74) is 1.00. The maximum Gasteiger partial charge on any atom is 0.322 e. The molecule has 0 aliphatic carbocycles. The summed E-state index contributed by atoms with van der Waals surface area (Å²) in [6.45, 7) is 0. The van der Waals surface area contributed by atoms with Crippen molar-refractivity contribution in [1.29, 1.82) is 0 Å². The minimum absolute atomic E-state index is 0.0934. The molecule has 0 saturated carbocycles. The number of rotatable bonds is 4. The highest BCUT2D eigenvalue weighted by Gasteiger charge is 2.25. The van der Waals surface area contributed by atoms with Gasteiger partial charge in [0.2, 0.25) is 11.8 Å². The summed E-state index contributed by atoms with van der Waals surface area (Å²) in [4.78, 5) is 20.8. The summed E-state index contributed by atoms with van der Waals surface area (Å²) in [7, 11) is 0. The number of nitrogens with one attached hydrogen (secondary N) is 1. The average Bonchev–Trinajstić information content (AvgIpc) is 3.39. The van der Waals surface area contributed by atoms with Crippen molar-refractivity contribution in [3.63, 3.8) is 0 Å². The van der Waals surface area contributed by atoms with Crippen LogP contribution in [-0.2, 0) is 4.79 Å². The highest BCUT2D eigenvalue weighted by atomic mass is 79.9. The minimum atomic E-state index is -0.434. The summed E-state index contributed by atoms with van der Waals surface area (Å²) in [5.74, 6) is -0.421. The van der Waals surface area contributed by atoms with E-state index in [1.807, 2.05) is 0 Å². The average molecular weight is 503 g/mol. The molecular formula is C19H9BrClN5O3S. The van der Waals surface area contributed by atoms with Gasteiger partial charge in [0.15, 0.2) is 5.13 Å². The molecule has 0 spiro atoms. The van der Waals surface area contributed by atoms with Crippen LogP contribution in [0.4, 0.5) is 11.1 Å². The van der Waals surface area contributed by atoms with Crippen molar-refractivity contribution in [2.45, 2.75) is 0 Å². The smallest absolute Gasteiger partial charge is 0.322 e. The molecular weight excluding hydrogens is 494 g/mol. The SMILES string of the molecule is O=C1N=c2ccc(Br)cc2=C1c1sc(Nc2nnc(-c3ccc(Cl)cc3)o2)nc1O. The van der Waals surface area contributed by atoms with Crippen molar-refractivity contribution in [2.24, 2.45) is 4.99 Å². The van der Waals surface area contributed by atoms with E-state index in [-0.39, 0.29) is 17.0 Å². The van der Waals surface area contributed by atoms with Crippen molar-refractivity contribution in [3.05, 3.63) is 67.4 Å². The van der Waals surface area contributed by atoms with Crippen LogP contribution in [0, 0.1) is 0 Å². The van der Waals surface area contributed by atoms with Crippen LogP contribution >= 0.6 is 38.9 Å². The lowest BCUT2D eigenvalue weighted by atomic mass is 10.1. The standard InChI is InChI=1S/C19H9BrClN5O3S/c20-9-3-6-12-11(7-9)13(15(27)22-12)14-16(28)23-19(30-14)24-18-26-25-17(29-18)8-1-4-10(21)5-2-8/h1-7,28H,(H,23,24,26). The Bertz CT molecular complexity index is 1430. The first kappa shape index (κ1) is 18.9. The van der Waals surface area contributed by atoms with Crippen molar-refractivity contribution >= 4 is 61.5 Å². The number of benzene rings is 2. The molecule has 1 amide bonds. The fraction of sp³-hybridized carbons (Fsp3) is 0. The molecule has 2 aromatic heterocycles. The number of aromatic nitrogens is 3. The molecule has 0 unspecified atom stereocenters. The van der Waals surface area contributed by atoms with E-state index in [2.05, 4.69) is 41.4 Å². The quantitative estimate of drug-likeness (QED) is 0.439. The fourth-order valence-electron chi connectivity index (χ4n) is 2.91. The molecule has 0 radical (unpaired) electrons. The number of carbonyl (C=O) groups excluding carboxylic acids is 1. The van der Waals surface area contributed by atoms with Crippen LogP contribution in [0.15, 0.2) is 56.3 Å². The number of thiazole rings is 1. The van der Waals surface area contributed by atoms with E-state index in [1.165, 1.54) is 0 Å². The maximum atomic E-state index is 12.4. The molecule has 8 nitrogen and oxygen atoms in total. The lowest BCUT2D eigenvalue weighted by Crippen LogP contribution is -2.22. The van der Waals surface area contributed by atoms with Crippen LogP contribution in [0.2, 0.25) is 5.02 Å². The van der Waals surface area contributed by atoms with Crippen LogP contribution in [0.1, 0.15) is 4.88 Å². The predicted molar refractivity (Wildman–Crippen MR) is 114 cm³/mol. The molecule has 2 aromatic carbocycles. The Hall–Kier alpha value is -3.08. The fourth-order valence-corrected chi connectivity index (χ4v) is 4.30. The van der Waals surface area contributed by atoms with E-state index in [9.17, 15) is 9.90 Å². The number of hydrogen-bond acceptors (Lipinski definition) is 8. The molecule has 148 valence electrons. The Morgan fingerprint density at radius 1 is 1.13 bits per heavy atom. The first-order valence-corrected chi connectivity index (χ1v) is 10.5. The Kier molecular flexibility index (Phi) is 4.61. The number of fused-ring (bicyclic) bond motifs is 1. The Balaban J connectivity index is 1.47. The maximum absolute atomic E-state index is 12.4. The Morgan fingerprint density at radius 2 is 1.93 bits per heavy atom. The van der Waals surface area contributed by atoms with Crippen molar-refractivity contribution in [2.75, 3.05) is 5.32 Å². The summed E-state index contributed by atoms with van der Waals surface area (Å²) in [6, 6.07) is 12.4. The molecule has 1 aliphatic rings. The number of nitrogens with zero attached hydrogens (tertiary/aromatic N) is 4. The molecule has 3 heterocycles. The first-order chi connectivity index (χ1) is 14.5. The number of carbonyl (C=O) groups is 1. The molecule has 5 rings (SSSR count). The van der Waals surface area contributed by atoms with Gasteiger partial charge in [0.25, 0.3) is 5.91 Å². The topological polar surface area (TPSA) is 114 Å². The van der Waals surface area contributed by atoms with Gasteiger partial charge < -0.3 is 9.52 Å². The molecule has 4 aromatic rings. The molecule has 2 N–H and O–H groups in total. The van der Waals surface area contributed by atoms with Gasteiger partial charge in [-0.25, -0.2) is 4.99 Å². The van der Waals surface area contributed by atoms with Crippen molar-refractivity contribution in [1.82, 2.24) is 15.2 Å². The summed E-state index contributed by atoms with van der Waals surface area (Å²) >= 11 is 10.4. The zero-order chi connectivity index (χ0) is 20.8. The van der Waals surface area contributed by atoms with Gasteiger partial charge in [-0.2, -0.15) is 4.98 Å². The highest BCUT2D eigenvalue weighted by molar-refractivity contribution is 9.10. The number of anilines is 2.